The van der Waals surface area contributed by atoms with Crippen LogP contribution in [-0.2, 0) is 11.2 Å². The highest BCUT2D eigenvalue weighted by Crippen LogP contribution is 2.30. The molecule has 28 heavy (non-hydrogen) atoms. The number of hydrogen-bond donors (Lipinski definition) is 3. The smallest absolute Gasteiger partial charge is 0.335 e. The van der Waals surface area contributed by atoms with Gasteiger partial charge in [-0.3, -0.25) is 4.79 Å². The summed E-state index contributed by atoms with van der Waals surface area (Å²) in [6.07, 6.45) is 0.0994. The van der Waals surface area contributed by atoms with Gasteiger partial charge in [0.2, 0.25) is 5.91 Å². The zero-order valence-electron chi connectivity index (χ0n) is 15.0. The molecule has 1 heterocycles. The van der Waals surface area contributed by atoms with Crippen molar-refractivity contribution in [2.24, 2.45) is 0 Å². The molecule has 3 N–H and O–H groups in total. The first-order valence-corrected chi connectivity index (χ1v) is 8.89. The summed E-state index contributed by atoms with van der Waals surface area (Å²) < 4.78 is 0. The van der Waals surface area contributed by atoms with E-state index in [1.54, 1.807) is 12.1 Å². The Morgan fingerprint density at radius 3 is 2.50 bits per heavy atom. The molecule has 0 aliphatic heterocycles. The number of aromatic carboxylic acids is 1. The maximum Gasteiger partial charge on any atom is 0.335 e. The van der Waals surface area contributed by atoms with E-state index in [1.165, 1.54) is 12.1 Å². The van der Waals surface area contributed by atoms with Crippen LogP contribution in [0.25, 0.3) is 22.2 Å². The Bertz CT molecular complexity index is 1140. The van der Waals surface area contributed by atoms with Crippen molar-refractivity contribution in [3.8, 4) is 11.3 Å². The van der Waals surface area contributed by atoms with Crippen LogP contribution in [-0.4, -0.2) is 22.0 Å². The van der Waals surface area contributed by atoms with Crippen molar-refractivity contribution in [1.82, 2.24) is 4.98 Å². The summed E-state index contributed by atoms with van der Waals surface area (Å²) in [6, 6.07) is 24.1. The Hall–Kier alpha value is -3.86. The minimum Gasteiger partial charge on any atom is -0.478 e. The number of amides is 1. The molecule has 4 rings (SSSR count). The van der Waals surface area contributed by atoms with Gasteiger partial charge in [-0.15, -0.1) is 0 Å². The molecule has 0 atom stereocenters. The van der Waals surface area contributed by atoms with Crippen molar-refractivity contribution in [2.75, 3.05) is 5.32 Å². The number of H-pyrrole nitrogens is 1. The quantitative estimate of drug-likeness (QED) is 0.476. The predicted molar refractivity (Wildman–Crippen MR) is 109 cm³/mol. The fourth-order valence-electron chi connectivity index (χ4n) is 3.24. The number of aromatic amines is 1. The van der Waals surface area contributed by atoms with Crippen LogP contribution in [0.4, 0.5) is 5.69 Å². The lowest BCUT2D eigenvalue weighted by Crippen LogP contribution is -2.15. The van der Waals surface area contributed by atoms with Gasteiger partial charge in [-0.1, -0.05) is 48.5 Å². The van der Waals surface area contributed by atoms with Gasteiger partial charge >= 0.3 is 5.97 Å². The Kier molecular flexibility index (Phi) is 4.64. The molecule has 0 spiro atoms. The summed E-state index contributed by atoms with van der Waals surface area (Å²) in [5, 5.41) is 13.1. The van der Waals surface area contributed by atoms with Crippen LogP contribution in [0, 0.1) is 0 Å². The number of para-hydroxylation sites is 2. The van der Waals surface area contributed by atoms with Crippen molar-refractivity contribution in [3.63, 3.8) is 0 Å². The third-order valence-electron chi connectivity index (χ3n) is 4.56. The number of nitrogens with one attached hydrogen (secondary N) is 2. The molecule has 138 valence electrons. The molecular formula is C23H18N2O3. The van der Waals surface area contributed by atoms with Crippen LogP contribution in [0.3, 0.4) is 0 Å². The van der Waals surface area contributed by atoms with Crippen LogP contribution in [0.2, 0.25) is 0 Å². The van der Waals surface area contributed by atoms with Gasteiger partial charge in [-0.05, 0) is 35.9 Å². The Labute approximate surface area is 161 Å². The maximum atomic E-state index is 12.5. The van der Waals surface area contributed by atoms with Crippen molar-refractivity contribution in [2.45, 2.75) is 6.42 Å². The second kappa shape index (κ2) is 7.40. The van der Waals surface area contributed by atoms with Gasteiger partial charge in [-0.25, -0.2) is 4.79 Å². The molecule has 0 aliphatic rings. The van der Waals surface area contributed by atoms with Gasteiger partial charge in [0.25, 0.3) is 0 Å². The third kappa shape index (κ3) is 3.64. The molecule has 0 saturated heterocycles. The Morgan fingerprint density at radius 2 is 1.68 bits per heavy atom. The maximum absolute atomic E-state index is 12.5. The normalized spacial score (nSPS) is 10.7. The van der Waals surface area contributed by atoms with Crippen LogP contribution in [0.15, 0.2) is 78.9 Å². The number of aromatic nitrogens is 1. The number of benzene rings is 3. The van der Waals surface area contributed by atoms with Crippen molar-refractivity contribution in [1.29, 1.82) is 0 Å². The summed E-state index contributed by atoms with van der Waals surface area (Å²) in [5.41, 5.74) is 4.37. The van der Waals surface area contributed by atoms with Crippen LogP contribution < -0.4 is 5.32 Å². The molecular weight excluding hydrogens is 352 g/mol. The fourth-order valence-corrected chi connectivity index (χ4v) is 3.24. The molecule has 0 radical (unpaired) electrons. The molecule has 0 bridgehead atoms. The summed E-state index contributed by atoms with van der Waals surface area (Å²) in [4.78, 5) is 27.0. The monoisotopic (exact) mass is 370 g/mol. The van der Waals surface area contributed by atoms with E-state index in [0.29, 0.717) is 11.3 Å². The number of carboxylic acid groups (broad SMARTS) is 1. The van der Waals surface area contributed by atoms with Crippen molar-refractivity contribution < 1.29 is 14.7 Å². The second-order valence-electron chi connectivity index (χ2n) is 6.55. The van der Waals surface area contributed by atoms with E-state index in [-0.39, 0.29) is 17.9 Å². The van der Waals surface area contributed by atoms with Crippen molar-refractivity contribution >= 4 is 28.5 Å². The molecule has 3 aromatic carbocycles. The lowest BCUT2D eigenvalue weighted by Gasteiger charge is -2.10. The predicted octanol–water partition coefficient (Wildman–Crippen LogP) is 4.71. The largest absolute Gasteiger partial charge is 0.478 e. The van der Waals surface area contributed by atoms with E-state index in [4.69, 9.17) is 5.11 Å². The van der Waals surface area contributed by atoms with E-state index in [1.807, 2.05) is 48.5 Å². The van der Waals surface area contributed by atoms with Gasteiger partial charge in [0.05, 0.1) is 17.7 Å². The number of anilines is 1. The molecule has 5 nitrogen and oxygen atoms in total. The summed E-state index contributed by atoms with van der Waals surface area (Å²) >= 11 is 0. The zero-order valence-corrected chi connectivity index (χ0v) is 15.0. The number of carbonyl (C=O) groups is 2. The SMILES string of the molecule is O=C(Cc1cccc(C(=O)O)c1)Nc1ccccc1-c1cc2ccccc2[nH]1. The van der Waals surface area contributed by atoms with E-state index < -0.39 is 5.97 Å². The van der Waals surface area contributed by atoms with Crippen LogP contribution >= 0.6 is 0 Å². The number of rotatable bonds is 5. The van der Waals surface area contributed by atoms with E-state index >= 15 is 0 Å². The molecule has 0 unspecified atom stereocenters. The number of carbonyl (C=O) groups excluding carboxylic acids is 1. The van der Waals surface area contributed by atoms with E-state index in [0.717, 1.165) is 22.2 Å². The third-order valence-corrected chi connectivity index (χ3v) is 4.56. The first-order chi connectivity index (χ1) is 13.6. The number of carboxylic acids is 1. The lowest BCUT2D eigenvalue weighted by molar-refractivity contribution is -0.115. The van der Waals surface area contributed by atoms with Crippen molar-refractivity contribution in [3.05, 3.63) is 90.0 Å². The molecule has 5 heteroatoms. The first-order valence-electron chi connectivity index (χ1n) is 8.89. The van der Waals surface area contributed by atoms with E-state index in [2.05, 4.69) is 16.4 Å². The van der Waals surface area contributed by atoms with Gasteiger partial charge in [-0.2, -0.15) is 0 Å². The first kappa shape index (κ1) is 17.5. The number of hydrogen-bond acceptors (Lipinski definition) is 2. The standard InChI is InChI=1S/C23H18N2O3/c26-22(13-15-6-5-8-17(12-15)23(27)28)25-20-11-4-2-9-18(20)21-14-16-7-1-3-10-19(16)24-21/h1-12,14,24H,13H2,(H,25,26)(H,27,28). The summed E-state index contributed by atoms with van der Waals surface area (Å²) in [7, 11) is 0. The van der Waals surface area contributed by atoms with E-state index in [9.17, 15) is 9.59 Å². The molecule has 1 aromatic heterocycles. The molecule has 0 aliphatic carbocycles. The van der Waals surface area contributed by atoms with Gasteiger partial charge in [0.15, 0.2) is 0 Å². The van der Waals surface area contributed by atoms with Crippen LogP contribution in [0.5, 0.6) is 0 Å². The zero-order chi connectivity index (χ0) is 19.5. The minimum absolute atomic E-state index is 0.0994. The fraction of sp³-hybridized carbons (Fsp3) is 0.0435. The highest BCUT2D eigenvalue weighted by Gasteiger charge is 2.12. The highest BCUT2D eigenvalue weighted by atomic mass is 16.4. The Morgan fingerprint density at radius 1 is 0.893 bits per heavy atom. The highest BCUT2D eigenvalue weighted by molar-refractivity contribution is 5.98. The Balaban J connectivity index is 1.58. The molecule has 1 amide bonds. The lowest BCUT2D eigenvalue weighted by atomic mass is 10.1. The van der Waals surface area contributed by atoms with Gasteiger partial charge in [0, 0.05) is 22.2 Å². The minimum atomic E-state index is -1.01. The molecule has 0 saturated carbocycles. The van der Waals surface area contributed by atoms with Crippen LogP contribution in [0.1, 0.15) is 15.9 Å². The van der Waals surface area contributed by atoms with Gasteiger partial charge < -0.3 is 15.4 Å². The topological polar surface area (TPSA) is 82.2 Å². The van der Waals surface area contributed by atoms with Gasteiger partial charge in [0.1, 0.15) is 0 Å². The molecule has 0 fully saturated rings. The number of fused-ring (bicyclic) bond motifs is 1. The molecule has 4 aromatic rings. The summed E-state index contributed by atoms with van der Waals surface area (Å²) in [5.74, 6) is -1.21. The second-order valence-corrected chi connectivity index (χ2v) is 6.55. The summed E-state index contributed by atoms with van der Waals surface area (Å²) in [6.45, 7) is 0. The average molecular weight is 370 g/mol. The average Bonchev–Trinajstić information content (AvgIpc) is 3.12.